The van der Waals surface area contributed by atoms with Crippen molar-refractivity contribution in [3.63, 3.8) is 0 Å². The van der Waals surface area contributed by atoms with Gasteiger partial charge < -0.3 is 4.90 Å². The highest BCUT2D eigenvalue weighted by Crippen LogP contribution is 2.50. The molecule has 0 unspecified atom stereocenters. The van der Waals surface area contributed by atoms with Crippen LogP contribution in [0.1, 0.15) is 50.6 Å². The quantitative estimate of drug-likeness (QED) is 0.564. The summed E-state index contributed by atoms with van der Waals surface area (Å²) in [6.07, 6.45) is 4.62. The summed E-state index contributed by atoms with van der Waals surface area (Å²) in [6, 6.07) is 16.9. The maximum Gasteiger partial charge on any atom is 0.269 e. The molecule has 0 bridgehead atoms. The molecule has 0 radical (unpaired) electrons. The van der Waals surface area contributed by atoms with E-state index in [2.05, 4.69) is 24.0 Å². The van der Waals surface area contributed by atoms with Gasteiger partial charge in [0.1, 0.15) is 5.78 Å². The van der Waals surface area contributed by atoms with Crippen molar-refractivity contribution in [2.24, 2.45) is 5.92 Å². The Kier molecular flexibility index (Phi) is 4.46. The van der Waals surface area contributed by atoms with Crippen LogP contribution >= 0.6 is 0 Å². The van der Waals surface area contributed by atoms with Gasteiger partial charge in [-0.1, -0.05) is 43.2 Å². The van der Waals surface area contributed by atoms with E-state index in [1.54, 1.807) is 12.1 Å². The van der Waals surface area contributed by atoms with Gasteiger partial charge in [-0.05, 0) is 37.5 Å². The van der Waals surface area contributed by atoms with E-state index in [0.29, 0.717) is 12.2 Å². The summed E-state index contributed by atoms with van der Waals surface area (Å²) in [5, 5.41) is 11.0. The van der Waals surface area contributed by atoms with Crippen molar-refractivity contribution in [2.45, 2.75) is 50.6 Å². The number of para-hydroxylation sites is 1. The fourth-order valence-electron chi connectivity index (χ4n) is 5.04. The lowest BCUT2D eigenvalue weighted by molar-refractivity contribution is -0.384. The molecule has 2 aromatic rings. The smallest absolute Gasteiger partial charge is 0.269 e. The molecule has 5 heteroatoms. The van der Waals surface area contributed by atoms with Crippen LogP contribution in [0.15, 0.2) is 54.6 Å². The van der Waals surface area contributed by atoms with Gasteiger partial charge in [-0.15, -0.1) is 0 Å². The molecule has 1 aliphatic heterocycles. The van der Waals surface area contributed by atoms with Gasteiger partial charge >= 0.3 is 0 Å². The first-order chi connectivity index (χ1) is 13.0. The fourth-order valence-corrected chi connectivity index (χ4v) is 5.04. The van der Waals surface area contributed by atoms with E-state index in [1.165, 1.54) is 12.1 Å². The molecule has 2 aromatic carbocycles. The number of non-ortho nitro benzene ring substituents is 1. The van der Waals surface area contributed by atoms with Gasteiger partial charge in [-0.2, -0.15) is 0 Å². The second kappa shape index (κ2) is 6.80. The Morgan fingerprint density at radius 3 is 2.44 bits per heavy atom. The standard InChI is InChI=1S/C22H24N2O3/c1-22-14-6-5-9-19(22)21(25)15-20(23(22)17-7-3-2-4-8-17)16-10-12-18(13-11-16)24(26)27/h2-4,7-8,10-13,19-20H,5-6,9,14-15H2,1H3/t19-,20+,22+/m1/s1. The molecule has 1 saturated heterocycles. The van der Waals surface area contributed by atoms with Crippen molar-refractivity contribution in [2.75, 3.05) is 4.90 Å². The van der Waals surface area contributed by atoms with Gasteiger partial charge in [0.05, 0.1) is 11.0 Å². The number of fused-ring (bicyclic) bond motifs is 1. The number of rotatable bonds is 3. The number of piperidine rings is 1. The first-order valence-electron chi connectivity index (χ1n) is 9.62. The Labute approximate surface area is 159 Å². The molecule has 4 rings (SSSR count). The Morgan fingerprint density at radius 2 is 1.78 bits per heavy atom. The minimum Gasteiger partial charge on any atom is -0.358 e. The summed E-state index contributed by atoms with van der Waals surface area (Å²) in [5.74, 6) is 0.383. The SMILES string of the molecule is C[C@]12CCCC[C@@H]1C(=O)C[C@@H](c1ccc([N+](=O)[O-])cc1)N2c1ccccc1. The molecule has 2 fully saturated rings. The van der Waals surface area contributed by atoms with Crippen LogP contribution in [0.5, 0.6) is 0 Å². The zero-order valence-corrected chi connectivity index (χ0v) is 15.5. The molecule has 3 atom stereocenters. The van der Waals surface area contributed by atoms with E-state index < -0.39 is 0 Å². The zero-order chi connectivity index (χ0) is 19.0. The lowest BCUT2D eigenvalue weighted by Crippen LogP contribution is -2.61. The summed E-state index contributed by atoms with van der Waals surface area (Å²) in [7, 11) is 0. The summed E-state index contributed by atoms with van der Waals surface area (Å²) >= 11 is 0. The predicted octanol–water partition coefficient (Wildman–Crippen LogP) is 5.06. The number of carbonyl (C=O) groups excluding carboxylic acids is 1. The van der Waals surface area contributed by atoms with E-state index in [9.17, 15) is 14.9 Å². The maximum atomic E-state index is 13.0. The fraction of sp³-hybridized carbons (Fsp3) is 0.409. The highest BCUT2D eigenvalue weighted by molar-refractivity contribution is 5.86. The second-order valence-electron chi connectivity index (χ2n) is 7.90. The lowest BCUT2D eigenvalue weighted by atomic mass is 9.65. The van der Waals surface area contributed by atoms with Gasteiger partial charge in [0.2, 0.25) is 0 Å². The third-order valence-electron chi connectivity index (χ3n) is 6.34. The Morgan fingerprint density at radius 1 is 1.07 bits per heavy atom. The number of anilines is 1. The number of nitro benzene ring substituents is 1. The van der Waals surface area contributed by atoms with Crippen LogP contribution < -0.4 is 4.90 Å². The molecule has 1 saturated carbocycles. The summed E-state index contributed by atoms with van der Waals surface area (Å²) in [5.41, 5.74) is 1.93. The van der Waals surface area contributed by atoms with Crippen molar-refractivity contribution < 1.29 is 9.72 Å². The van der Waals surface area contributed by atoms with Crippen molar-refractivity contribution in [1.29, 1.82) is 0 Å². The third kappa shape index (κ3) is 3.01. The molecule has 5 nitrogen and oxygen atoms in total. The second-order valence-corrected chi connectivity index (χ2v) is 7.90. The highest BCUT2D eigenvalue weighted by Gasteiger charge is 2.51. The molecule has 27 heavy (non-hydrogen) atoms. The molecule has 0 aromatic heterocycles. The predicted molar refractivity (Wildman–Crippen MR) is 105 cm³/mol. The van der Waals surface area contributed by atoms with Crippen LogP contribution in [0.2, 0.25) is 0 Å². The molecule has 1 aliphatic carbocycles. The van der Waals surface area contributed by atoms with Crippen molar-refractivity contribution >= 4 is 17.2 Å². The topological polar surface area (TPSA) is 63.4 Å². The van der Waals surface area contributed by atoms with Crippen LogP contribution in [0.25, 0.3) is 0 Å². The van der Waals surface area contributed by atoms with Gasteiger partial charge in [0, 0.05) is 35.7 Å². The molecule has 1 heterocycles. The highest BCUT2D eigenvalue weighted by atomic mass is 16.6. The maximum absolute atomic E-state index is 13.0. The number of ketones is 1. The van der Waals surface area contributed by atoms with E-state index in [0.717, 1.165) is 36.9 Å². The van der Waals surface area contributed by atoms with Crippen LogP contribution in [-0.4, -0.2) is 16.2 Å². The van der Waals surface area contributed by atoms with Gasteiger partial charge in [-0.25, -0.2) is 0 Å². The first-order valence-corrected chi connectivity index (χ1v) is 9.62. The van der Waals surface area contributed by atoms with Crippen LogP contribution in [0.3, 0.4) is 0 Å². The largest absolute Gasteiger partial charge is 0.358 e. The van der Waals surface area contributed by atoms with E-state index in [4.69, 9.17) is 0 Å². The van der Waals surface area contributed by atoms with Crippen LogP contribution in [0, 0.1) is 16.0 Å². The number of hydrogen-bond donors (Lipinski definition) is 0. The average Bonchev–Trinajstić information content (AvgIpc) is 2.68. The molecule has 0 spiro atoms. The normalized spacial score (nSPS) is 27.9. The zero-order valence-electron chi connectivity index (χ0n) is 15.5. The molecule has 140 valence electrons. The minimum atomic E-state index is -0.386. The number of carbonyl (C=O) groups is 1. The van der Waals surface area contributed by atoms with E-state index in [-0.39, 0.29) is 28.1 Å². The Hall–Kier alpha value is -2.69. The number of nitrogens with zero attached hydrogens (tertiary/aromatic N) is 2. The van der Waals surface area contributed by atoms with Gasteiger partial charge in [0.15, 0.2) is 0 Å². The van der Waals surface area contributed by atoms with Crippen molar-refractivity contribution in [1.82, 2.24) is 0 Å². The molecule has 0 amide bonds. The summed E-state index contributed by atoms with van der Waals surface area (Å²) in [4.78, 5) is 26.1. The van der Waals surface area contributed by atoms with E-state index in [1.807, 2.05) is 18.2 Å². The third-order valence-corrected chi connectivity index (χ3v) is 6.34. The molecular weight excluding hydrogens is 340 g/mol. The van der Waals surface area contributed by atoms with Crippen molar-refractivity contribution in [3.05, 3.63) is 70.3 Å². The van der Waals surface area contributed by atoms with Crippen LogP contribution in [-0.2, 0) is 4.79 Å². The van der Waals surface area contributed by atoms with Gasteiger partial charge in [0.25, 0.3) is 5.69 Å². The molecule has 0 N–H and O–H groups in total. The Balaban J connectivity index is 1.80. The van der Waals surface area contributed by atoms with Crippen molar-refractivity contribution in [3.8, 4) is 0 Å². The number of Topliss-reactive ketones (excluding diaryl/α,β-unsaturated/α-hetero) is 1. The monoisotopic (exact) mass is 364 g/mol. The average molecular weight is 364 g/mol. The summed E-state index contributed by atoms with van der Waals surface area (Å²) < 4.78 is 0. The molecular formula is C22H24N2O3. The summed E-state index contributed by atoms with van der Waals surface area (Å²) in [6.45, 7) is 2.22. The minimum absolute atomic E-state index is 0.0563. The van der Waals surface area contributed by atoms with E-state index >= 15 is 0 Å². The lowest BCUT2D eigenvalue weighted by Gasteiger charge is -2.56. The number of nitro groups is 1. The number of hydrogen-bond acceptors (Lipinski definition) is 4. The van der Waals surface area contributed by atoms with Crippen LogP contribution in [0.4, 0.5) is 11.4 Å². The van der Waals surface area contributed by atoms with Gasteiger partial charge in [-0.3, -0.25) is 14.9 Å². The number of benzene rings is 2. The first kappa shape index (κ1) is 17.7. The molecule has 2 aliphatic rings. The Bertz CT molecular complexity index is 850.